The Morgan fingerprint density at radius 1 is 1.58 bits per heavy atom. The molecular formula is C7H7ClN4. The number of nitrogens with zero attached hydrogens (tertiary/aromatic N) is 2. The van der Waals surface area contributed by atoms with Gasteiger partial charge in [0.05, 0.1) is 17.5 Å². The molecule has 3 N–H and O–H groups in total. The number of rotatable bonds is 1. The summed E-state index contributed by atoms with van der Waals surface area (Å²) in [5, 5.41) is 0.437. The third kappa shape index (κ3) is 1.05. The monoisotopic (exact) mass is 182 g/mol. The van der Waals surface area contributed by atoms with Gasteiger partial charge in [-0.1, -0.05) is 11.6 Å². The number of halogens is 1. The molecule has 0 unspecified atom stereocenters. The molecule has 0 aliphatic heterocycles. The van der Waals surface area contributed by atoms with Crippen LogP contribution in [-0.4, -0.2) is 15.0 Å². The molecule has 0 atom stereocenters. The van der Waals surface area contributed by atoms with Crippen molar-refractivity contribution in [1.82, 2.24) is 15.0 Å². The molecule has 2 rings (SSSR count). The normalized spacial score (nSPS) is 10.8. The molecule has 0 saturated carbocycles. The Bertz CT molecular complexity index is 409. The third-order valence-corrected chi connectivity index (χ3v) is 1.83. The van der Waals surface area contributed by atoms with E-state index in [1.807, 2.05) is 0 Å². The quantitative estimate of drug-likeness (QED) is 0.649. The summed E-state index contributed by atoms with van der Waals surface area (Å²) >= 11 is 5.75. The highest BCUT2D eigenvalue weighted by molar-refractivity contribution is 6.30. The van der Waals surface area contributed by atoms with Crippen molar-refractivity contribution >= 4 is 22.6 Å². The Labute approximate surface area is 73.8 Å². The molecule has 2 aromatic heterocycles. The van der Waals surface area contributed by atoms with Gasteiger partial charge in [-0.15, -0.1) is 0 Å². The lowest BCUT2D eigenvalue weighted by atomic mass is 10.3. The first-order valence-electron chi connectivity index (χ1n) is 3.50. The van der Waals surface area contributed by atoms with Crippen LogP contribution < -0.4 is 5.73 Å². The number of imidazole rings is 1. The van der Waals surface area contributed by atoms with Crippen LogP contribution in [0.3, 0.4) is 0 Å². The number of pyridine rings is 1. The molecule has 0 aliphatic rings. The van der Waals surface area contributed by atoms with E-state index in [1.54, 1.807) is 12.4 Å². The number of fused-ring (bicyclic) bond motifs is 1. The zero-order valence-corrected chi connectivity index (χ0v) is 6.97. The number of nitrogens with one attached hydrogen (secondary N) is 1. The molecule has 0 aromatic carbocycles. The van der Waals surface area contributed by atoms with Crippen LogP contribution in [0, 0.1) is 0 Å². The highest BCUT2D eigenvalue weighted by Crippen LogP contribution is 2.16. The van der Waals surface area contributed by atoms with Gasteiger partial charge in [0, 0.05) is 12.6 Å². The van der Waals surface area contributed by atoms with E-state index in [-0.39, 0.29) is 0 Å². The Hall–Kier alpha value is -1.13. The lowest BCUT2D eigenvalue weighted by Gasteiger charge is -1.97. The van der Waals surface area contributed by atoms with Crippen molar-refractivity contribution < 1.29 is 0 Å². The smallest absolute Gasteiger partial charge is 0.131 e. The van der Waals surface area contributed by atoms with Crippen molar-refractivity contribution in [1.29, 1.82) is 0 Å². The minimum Gasteiger partial charge on any atom is -0.344 e. The van der Waals surface area contributed by atoms with Gasteiger partial charge in [0.2, 0.25) is 0 Å². The Balaban J connectivity index is 2.80. The summed E-state index contributed by atoms with van der Waals surface area (Å²) in [5.74, 6) is 0. The van der Waals surface area contributed by atoms with E-state index >= 15 is 0 Å². The maximum atomic E-state index is 5.75. The second-order valence-electron chi connectivity index (χ2n) is 2.39. The van der Waals surface area contributed by atoms with E-state index in [1.165, 1.54) is 0 Å². The molecule has 4 nitrogen and oxygen atoms in total. The van der Waals surface area contributed by atoms with Crippen LogP contribution in [-0.2, 0) is 6.54 Å². The zero-order valence-electron chi connectivity index (χ0n) is 6.21. The molecular weight excluding hydrogens is 176 g/mol. The molecule has 2 heterocycles. The van der Waals surface area contributed by atoms with Crippen LogP contribution in [0.1, 0.15) is 5.69 Å². The fourth-order valence-electron chi connectivity index (χ4n) is 1.12. The second kappa shape index (κ2) is 2.73. The van der Waals surface area contributed by atoms with Gasteiger partial charge in [-0.05, 0) is 0 Å². The van der Waals surface area contributed by atoms with E-state index in [9.17, 15) is 0 Å². The second-order valence-corrected chi connectivity index (χ2v) is 2.78. The van der Waals surface area contributed by atoms with Gasteiger partial charge in [0.15, 0.2) is 0 Å². The summed E-state index contributed by atoms with van der Waals surface area (Å²) in [6, 6.07) is 1.73. The molecule has 0 bridgehead atoms. The Kier molecular flexibility index (Phi) is 1.71. The van der Waals surface area contributed by atoms with Gasteiger partial charge in [-0.3, -0.25) is 0 Å². The highest BCUT2D eigenvalue weighted by Gasteiger charge is 2.04. The summed E-state index contributed by atoms with van der Waals surface area (Å²) in [6.07, 6.45) is 1.60. The molecule has 62 valence electrons. The average Bonchev–Trinajstić information content (AvgIpc) is 2.50. The maximum Gasteiger partial charge on any atom is 0.131 e. The van der Waals surface area contributed by atoms with E-state index in [4.69, 9.17) is 17.3 Å². The SMILES string of the molecule is NCc1nc(Cl)cc2[nH]cnc12. The molecule has 12 heavy (non-hydrogen) atoms. The zero-order chi connectivity index (χ0) is 8.55. The van der Waals surface area contributed by atoms with Crippen molar-refractivity contribution in [2.24, 2.45) is 5.73 Å². The first-order chi connectivity index (χ1) is 5.81. The highest BCUT2D eigenvalue weighted by atomic mass is 35.5. The van der Waals surface area contributed by atoms with Crippen molar-refractivity contribution in [2.45, 2.75) is 6.54 Å². The molecule has 0 aliphatic carbocycles. The van der Waals surface area contributed by atoms with Gasteiger partial charge < -0.3 is 10.7 Å². The topological polar surface area (TPSA) is 67.6 Å². The fourth-order valence-corrected chi connectivity index (χ4v) is 1.33. The lowest BCUT2D eigenvalue weighted by molar-refractivity contribution is 1.00. The predicted molar refractivity (Wildman–Crippen MR) is 46.8 cm³/mol. The predicted octanol–water partition coefficient (Wildman–Crippen LogP) is 1.07. The van der Waals surface area contributed by atoms with Crippen molar-refractivity contribution in [3.05, 3.63) is 23.2 Å². The number of H-pyrrole nitrogens is 1. The minimum absolute atomic E-state index is 0.349. The third-order valence-electron chi connectivity index (χ3n) is 1.64. The largest absolute Gasteiger partial charge is 0.344 e. The van der Waals surface area contributed by atoms with E-state index in [0.29, 0.717) is 11.7 Å². The molecule has 0 amide bonds. The summed E-state index contributed by atoms with van der Waals surface area (Å²) in [6.45, 7) is 0.349. The average molecular weight is 183 g/mol. The van der Waals surface area contributed by atoms with Gasteiger partial charge in [0.25, 0.3) is 0 Å². The number of hydrogen-bond donors (Lipinski definition) is 2. The van der Waals surface area contributed by atoms with Crippen molar-refractivity contribution in [3.63, 3.8) is 0 Å². The van der Waals surface area contributed by atoms with Crippen LogP contribution in [0.4, 0.5) is 0 Å². The Morgan fingerprint density at radius 2 is 2.42 bits per heavy atom. The Morgan fingerprint density at radius 3 is 3.17 bits per heavy atom. The minimum atomic E-state index is 0.349. The molecule has 5 heteroatoms. The number of hydrogen-bond acceptors (Lipinski definition) is 3. The molecule has 0 fully saturated rings. The van der Waals surface area contributed by atoms with Gasteiger partial charge in [-0.2, -0.15) is 0 Å². The van der Waals surface area contributed by atoms with Crippen LogP contribution >= 0.6 is 11.6 Å². The van der Waals surface area contributed by atoms with Crippen LogP contribution in [0.5, 0.6) is 0 Å². The van der Waals surface area contributed by atoms with Gasteiger partial charge >= 0.3 is 0 Å². The summed E-state index contributed by atoms with van der Waals surface area (Å²) in [4.78, 5) is 11.1. The van der Waals surface area contributed by atoms with Gasteiger partial charge in [-0.25, -0.2) is 9.97 Å². The van der Waals surface area contributed by atoms with E-state index < -0.39 is 0 Å². The summed E-state index contributed by atoms with van der Waals surface area (Å²) in [5.41, 5.74) is 7.85. The first-order valence-corrected chi connectivity index (χ1v) is 3.87. The standard InChI is InChI=1S/C7H7ClN4/c8-6-1-4-7(11-3-10-4)5(2-9)12-6/h1,3H,2,9H2,(H,10,11). The molecule has 0 spiro atoms. The van der Waals surface area contributed by atoms with Crippen LogP contribution in [0.2, 0.25) is 5.15 Å². The molecule has 0 radical (unpaired) electrons. The number of aromatic nitrogens is 3. The van der Waals surface area contributed by atoms with Crippen LogP contribution in [0.15, 0.2) is 12.4 Å². The lowest BCUT2D eigenvalue weighted by Crippen LogP contribution is -2.00. The maximum absolute atomic E-state index is 5.75. The van der Waals surface area contributed by atoms with Gasteiger partial charge in [0.1, 0.15) is 10.7 Å². The molecule has 2 aromatic rings. The number of nitrogens with two attached hydrogens (primary N) is 1. The number of aromatic amines is 1. The molecule has 0 saturated heterocycles. The van der Waals surface area contributed by atoms with Crippen molar-refractivity contribution in [2.75, 3.05) is 0 Å². The van der Waals surface area contributed by atoms with Crippen molar-refractivity contribution in [3.8, 4) is 0 Å². The van der Waals surface area contributed by atoms with Crippen LogP contribution in [0.25, 0.3) is 11.0 Å². The first kappa shape index (κ1) is 7.52. The fraction of sp³-hybridized carbons (Fsp3) is 0.143. The summed E-state index contributed by atoms with van der Waals surface area (Å²) < 4.78 is 0. The van der Waals surface area contributed by atoms with E-state index in [0.717, 1.165) is 16.7 Å². The summed E-state index contributed by atoms with van der Waals surface area (Å²) in [7, 11) is 0. The van der Waals surface area contributed by atoms with E-state index in [2.05, 4.69) is 15.0 Å².